The fraction of sp³-hybridized carbons (Fsp3) is 0.214. The highest BCUT2D eigenvalue weighted by atomic mass is 35.5. The SMILES string of the molecule is C/C(=N\Nc1ccc(Cl)cc1)c1c(C)c[nH]c1C. The molecule has 94 valence electrons. The van der Waals surface area contributed by atoms with E-state index >= 15 is 0 Å². The van der Waals surface area contributed by atoms with E-state index < -0.39 is 0 Å². The van der Waals surface area contributed by atoms with Crippen LogP contribution in [-0.4, -0.2) is 10.7 Å². The molecule has 0 atom stereocenters. The molecule has 4 heteroatoms. The molecule has 0 bridgehead atoms. The van der Waals surface area contributed by atoms with Crippen LogP contribution in [0.4, 0.5) is 5.69 Å². The molecule has 3 nitrogen and oxygen atoms in total. The predicted molar refractivity (Wildman–Crippen MR) is 77.6 cm³/mol. The third-order valence-corrected chi connectivity index (χ3v) is 3.09. The third-order valence-electron chi connectivity index (χ3n) is 2.83. The minimum Gasteiger partial charge on any atom is -0.364 e. The molecule has 0 spiro atoms. The molecule has 2 rings (SSSR count). The number of aromatic nitrogens is 1. The standard InChI is InChI=1S/C14H16ClN3/c1-9-8-16-10(2)14(9)11(3)17-18-13-6-4-12(15)5-7-13/h4-8,16,18H,1-3H3/b17-11+. The van der Waals surface area contributed by atoms with E-state index in [9.17, 15) is 0 Å². The Kier molecular flexibility index (Phi) is 3.72. The smallest absolute Gasteiger partial charge is 0.0669 e. The summed E-state index contributed by atoms with van der Waals surface area (Å²) in [6, 6.07) is 7.47. The summed E-state index contributed by atoms with van der Waals surface area (Å²) in [5, 5.41) is 5.11. The summed E-state index contributed by atoms with van der Waals surface area (Å²) in [6.07, 6.45) is 1.99. The molecule has 1 aromatic carbocycles. The molecule has 0 unspecified atom stereocenters. The van der Waals surface area contributed by atoms with Gasteiger partial charge >= 0.3 is 0 Å². The van der Waals surface area contributed by atoms with Crippen LogP contribution in [0.15, 0.2) is 35.6 Å². The van der Waals surface area contributed by atoms with Crippen molar-refractivity contribution in [3.8, 4) is 0 Å². The van der Waals surface area contributed by atoms with E-state index in [2.05, 4.69) is 22.4 Å². The van der Waals surface area contributed by atoms with Crippen LogP contribution >= 0.6 is 11.6 Å². The van der Waals surface area contributed by atoms with Crippen LogP contribution in [0.2, 0.25) is 5.02 Å². The Morgan fingerprint density at radius 3 is 2.44 bits per heavy atom. The van der Waals surface area contributed by atoms with Gasteiger partial charge in [-0.25, -0.2) is 0 Å². The molecule has 0 radical (unpaired) electrons. The number of hydrogen-bond acceptors (Lipinski definition) is 2. The summed E-state index contributed by atoms with van der Waals surface area (Å²) >= 11 is 5.83. The maximum Gasteiger partial charge on any atom is 0.0669 e. The van der Waals surface area contributed by atoms with Gasteiger partial charge in [-0.1, -0.05) is 11.6 Å². The van der Waals surface area contributed by atoms with Crippen LogP contribution < -0.4 is 5.43 Å². The highest BCUT2D eigenvalue weighted by Gasteiger charge is 2.07. The van der Waals surface area contributed by atoms with Crippen LogP contribution in [0.25, 0.3) is 0 Å². The first-order valence-electron chi connectivity index (χ1n) is 5.78. The number of hydrazone groups is 1. The molecule has 0 fully saturated rings. The Morgan fingerprint density at radius 2 is 1.89 bits per heavy atom. The van der Waals surface area contributed by atoms with Crippen molar-refractivity contribution in [1.29, 1.82) is 0 Å². The second-order valence-corrected chi connectivity index (χ2v) is 4.72. The van der Waals surface area contributed by atoms with Gasteiger partial charge in [-0.05, 0) is 50.6 Å². The second kappa shape index (κ2) is 5.27. The number of anilines is 1. The molecule has 1 heterocycles. The van der Waals surface area contributed by atoms with E-state index in [1.54, 1.807) is 0 Å². The highest BCUT2D eigenvalue weighted by Crippen LogP contribution is 2.16. The van der Waals surface area contributed by atoms with E-state index in [1.807, 2.05) is 44.3 Å². The lowest BCUT2D eigenvalue weighted by Crippen LogP contribution is -2.02. The lowest BCUT2D eigenvalue weighted by molar-refractivity contribution is 1.25. The average Bonchev–Trinajstić information content (AvgIpc) is 2.68. The first kappa shape index (κ1) is 12.7. The molecule has 2 aromatic rings. The lowest BCUT2D eigenvalue weighted by atomic mass is 10.1. The maximum atomic E-state index is 5.83. The molecular weight excluding hydrogens is 246 g/mol. The summed E-state index contributed by atoms with van der Waals surface area (Å²) in [5.41, 5.74) is 8.41. The van der Waals surface area contributed by atoms with Gasteiger partial charge in [0.15, 0.2) is 0 Å². The normalized spacial score (nSPS) is 11.7. The quantitative estimate of drug-likeness (QED) is 0.633. The molecule has 18 heavy (non-hydrogen) atoms. The third kappa shape index (κ3) is 2.74. The van der Waals surface area contributed by atoms with E-state index in [0.717, 1.165) is 27.7 Å². The van der Waals surface area contributed by atoms with E-state index in [0.29, 0.717) is 0 Å². The number of hydrogen-bond donors (Lipinski definition) is 2. The number of aryl methyl sites for hydroxylation is 2. The Hall–Kier alpha value is -1.74. The van der Waals surface area contributed by atoms with Crippen LogP contribution in [0.3, 0.4) is 0 Å². The van der Waals surface area contributed by atoms with Crippen molar-refractivity contribution < 1.29 is 0 Å². The molecule has 2 N–H and O–H groups in total. The predicted octanol–water partition coefficient (Wildman–Crippen LogP) is 4.12. The van der Waals surface area contributed by atoms with E-state index in [4.69, 9.17) is 11.6 Å². The summed E-state index contributed by atoms with van der Waals surface area (Å²) in [6.45, 7) is 6.11. The molecule has 0 saturated heterocycles. The van der Waals surface area contributed by atoms with Gasteiger partial charge in [0.2, 0.25) is 0 Å². The van der Waals surface area contributed by atoms with Crippen molar-refractivity contribution in [2.45, 2.75) is 20.8 Å². The average molecular weight is 262 g/mol. The fourth-order valence-corrected chi connectivity index (χ4v) is 2.07. The lowest BCUT2D eigenvalue weighted by Gasteiger charge is -2.04. The topological polar surface area (TPSA) is 40.2 Å². The number of benzene rings is 1. The number of rotatable bonds is 3. The van der Waals surface area contributed by atoms with Crippen molar-refractivity contribution in [2.75, 3.05) is 5.43 Å². The molecule has 1 aromatic heterocycles. The zero-order chi connectivity index (χ0) is 13.1. The summed E-state index contributed by atoms with van der Waals surface area (Å²) in [7, 11) is 0. The Balaban J connectivity index is 2.17. The van der Waals surface area contributed by atoms with Crippen molar-refractivity contribution in [3.63, 3.8) is 0 Å². The van der Waals surface area contributed by atoms with Crippen LogP contribution in [-0.2, 0) is 0 Å². The van der Waals surface area contributed by atoms with Crippen molar-refractivity contribution in [3.05, 3.63) is 52.3 Å². The summed E-state index contributed by atoms with van der Waals surface area (Å²) in [4.78, 5) is 3.20. The molecular formula is C14H16ClN3. The van der Waals surface area contributed by atoms with E-state index in [-0.39, 0.29) is 0 Å². The number of nitrogens with zero attached hydrogens (tertiary/aromatic N) is 1. The number of H-pyrrole nitrogens is 1. The molecule has 0 aliphatic heterocycles. The van der Waals surface area contributed by atoms with Gasteiger partial charge in [-0.2, -0.15) is 5.10 Å². The number of nitrogens with one attached hydrogen (secondary N) is 2. The molecule has 0 amide bonds. The van der Waals surface area contributed by atoms with Crippen LogP contribution in [0, 0.1) is 13.8 Å². The van der Waals surface area contributed by atoms with Crippen LogP contribution in [0.1, 0.15) is 23.7 Å². The first-order valence-corrected chi connectivity index (χ1v) is 6.16. The minimum absolute atomic E-state index is 0.721. The fourth-order valence-electron chi connectivity index (χ4n) is 1.94. The van der Waals surface area contributed by atoms with Crippen molar-refractivity contribution in [1.82, 2.24) is 4.98 Å². The van der Waals surface area contributed by atoms with E-state index in [1.165, 1.54) is 5.56 Å². The number of aromatic amines is 1. The van der Waals surface area contributed by atoms with Gasteiger partial charge in [0, 0.05) is 22.5 Å². The van der Waals surface area contributed by atoms with Gasteiger partial charge < -0.3 is 4.98 Å². The van der Waals surface area contributed by atoms with Gasteiger partial charge in [0.05, 0.1) is 11.4 Å². The van der Waals surface area contributed by atoms with Gasteiger partial charge in [0.1, 0.15) is 0 Å². The molecule has 0 saturated carbocycles. The monoisotopic (exact) mass is 261 g/mol. The molecule has 0 aliphatic rings. The van der Waals surface area contributed by atoms with Crippen molar-refractivity contribution in [2.24, 2.45) is 5.10 Å². The van der Waals surface area contributed by atoms with Gasteiger partial charge in [-0.15, -0.1) is 0 Å². The van der Waals surface area contributed by atoms with Gasteiger partial charge in [0.25, 0.3) is 0 Å². The second-order valence-electron chi connectivity index (χ2n) is 4.29. The Bertz CT molecular complexity index is 548. The summed E-state index contributed by atoms with van der Waals surface area (Å²) < 4.78 is 0. The minimum atomic E-state index is 0.721. The first-order chi connectivity index (χ1) is 8.58. The Labute approximate surface area is 112 Å². The zero-order valence-electron chi connectivity index (χ0n) is 10.7. The highest BCUT2D eigenvalue weighted by molar-refractivity contribution is 6.30. The largest absolute Gasteiger partial charge is 0.364 e. The maximum absolute atomic E-state index is 5.83. The Morgan fingerprint density at radius 1 is 1.22 bits per heavy atom. The summed E-state index contributed by atoms with van der Waals surface area (Å²) in [5.74, 6) is 0. The molecule has 0 aliphatic carbocycles. The van der Waals surface area contributed by atoms with Gasteiger partial charge in [-0.3, -0.25) is 5.43 Å². The van der Waals surface area contributed by atoms with Crippen molar-refractivity contribution >= 4 is 23.0 Å². The van der Waals surface area contributed by atoms with Crippen LogP contribution in [0.5, 0.6) is 0 Å². The number of halogens is 1. The zero-order valence-corrected chi connectivity index (χ0v) is 11.5.